The van der Waals surface area contributed by atoms with Crippen LogP contribution < -0.4 is 10.1 Å². The van der Waals surface area contributed by atoms with Crippen LogP contribution in [0.5, 0.6) is 5.75 Å². The predicted octanol–water partition coefficient (Wildman–Crippen LogP) is 3.81. The zero-order valence-electron chi connectivity index (χ0n) is 13.4. The molecule has 0 spiro atoms. The lowest BCUT2D eigenvalue weighted by atomic mass is 10.0. The van der Waals surface area contributed by atoms with Crippen molar-refractivity contribution in [2.45, 2.75) is 51.8 Å². The Balaban J connectivity index is 1.86. The first kappa shape index (κ1) is 17.2. The van der Waals surface area contributed by atoms with Gasteiger partial charge in [0.1, 0.15) is 5.75 Å². The number of nitrogens with zero attached hydrogens (tertiary/aromatic N) is 1. The van der Waals surface area contributed by atoms with E-state index in [1.165, 1.54) is 13.0 Å². The summed E-state index contributed by atoms with van der Waals surface area (Å²) in [7, 11) is 0. The standard InChI is InChI=1S/C17H26F2N2O/c1-3-9-21-10-7-15(8-11-21)20-13(2)14-5-4-6-16(12-14)22-17(18)19/h4-6,12-13,15,17,20H,3,7-11H2,1-2H3. The average molecular weight is 312 g/mol. The third-order valence-electron chi connectivity index (χ3n) is 4.20. The quantitative estimate of drug-likeness (QED) is 0.828. The molecule has 1 N–H and O–H groups in total. The molecule has 2 rings (SSSR count). The summed E-state index contributed by atoms with van der Waals surface area (Å²) in [5.74, 6) is 0.221. The van der Waals surface area contributed by atoms with Gasteiger partial charge in [0.05, 0.1) is 0 Å². The number of halogens is 2. The van der Waals surface area contributed by atoms with E-state index >= 15 is 0 Å². The third-order valence-corrected chi connectivity index (χ3v) is 4.20. The Morgan fingerprint density at radius 1 is 1.32 bits per heavy atom. The van der Waals surface area contributed by atoms with Crippen molar-refractivity contribution in [1.82, 2.24) is 10.2 Å². The van der Waals surface area contributed by atoms with Crippen LogP contribution in [-0.4, -0.2) is 37.2 Å². The number of likely N-dealkylation sites (tertiary alicyclic amines) is 1. The van der Waals surface area contributed by atoms with E-state index < -0.39 is 6.61 Å². The van der Waals surface area contributed by atoms with Crippen molar-refractivity contribution in [3.8, 4) is 5.75 Å². The molecule has 0 bridgehead atoms. The summed E-state index contributed by atoms with van der Waals surface area (Å²) in [5.41, 5.74) is 0.981. The van der Waals surface area contributed by atoms with Crippen LogP contribution in [0.4, 0.5) is 8.78 Å². The van der Waals surface area contributed by atoms with Gasteiger partial charge in [-0.1, -0.05) is 19.1 Å². The summed E-state index contributed by atoms with van der Waals surface area (Å²) < 4.78 is 29.0. The number of benzene rings is 1. The van der Waals surface area contributed by atoms with E-state index in [4.69, 9.17) is 0 Å². The first-order chi connectivity index (χ1) is 10.6. The minimum atomic E-state index is -2.78. The molecule has 0 aliphatic carbocycles. The van der Waals surface area contributed by atoms with E-state index in [1.54, 1.807) is 18.2 Å². The lowest BCUT2D eigenvalue weighted by Gasteiger charge is -2.33. The number of ether oxygens (including phenoxy) is 1. The van der Waals surface area contributed by atoms with Gasteiger partial charge in [0.2, 0.25) is 0 Å². The number of hydrogen-bond acceptors (Lipinski definition) is 3. The molecule has 1 aromatic rings. The van der Waals surface area contributed by atoms with Gasteiger partial charge in [-0.15, -0.1) is 0 Å². The maximum absolute atomic E-state index is 12.3. The predicted molar refractivity (Wildman–Crippen MR) is 84.4 cm³/mol. The van der Waals surface area contributed by atoms with Gasteiger partial charge in [0.25, 0.3) is 0 Å². The minimum Gasteiger partial charge on any atom is -0.435 e. The molecule has 0 amide bonds. The summed E-state index contributed by atoms with van der Waals surface area (Å²) >= 11 is 0. The van der Waals surface area contributed by atoms with Crippen molar-refractivity contribution >= 4 is 0 Å². The van der Waals surface area contributed by atoms with Crippen LogP contribution in [0.2, 0.25) is 0 Å². The molecule has 1 aliphatic heterocycles. The van der Waals surface area contributed by atoms with Crippen LogP contribution in [0.3, 0.4) is 0 Å². The lowest BCUT2D eigenvalue weighted by Crippen LogP contribution is -2.43. The lowest BCUT2D eigenvalue weighted by molar-refractivity contribution is -0.0499. The van der Waals surface area contributed by atoms with Gasteiger partial charge in [0.15, 0.2) is 0 Å². The number of piperidine rings is 1. The van der Waals surface area contributed by atoms with Crippen LogP contribution in [0.25, 0.3) is 0 Å². The molecule has 1 saturated heterocycles. The van der Waals surface area contributed by atoms with E-state index in [-0.39, 0.29) is 11.8 Å². The normalized spacial score (nSPS) is 18.6. The van der Waals surface area contributed by atoms with Gasteiger partial charge in [-0.25, -0.2) is 0 Å². The van der Waals surface area contributed by atoms with Gasteiger partial charge in [-0.3, -0.25) is 0 Å². The smallest absolute Gasteiger partial charge is 0.387 e. The molecule has 0 radical (unpaired) electrons. The fraction of sp³-hybridized carbons (Fsp3) is 0.647. The van der Waals surface area contributed by atoms with Crippen LogP contribution in [0.1, 0.15) is 44.7 Å². The molecular formula is C17H26F2N2O. The highest BCUT2D eigenvalue weighted by Gasteiger charge is 2.20. The summed E-state index contributed by atoms with van der Waals surface area (Å²) in [6.07, 6.45) is 3.47. The monoisotopic (exact) mass is 312 g/mol. The van der Waals surface area contributed by atoms with Crippen molar-refractivity contribution in [2.24, 2.45) is 0 Å². The Morgan fingerprint density at radius 3 is 2.68 bits per heavy atom. The summed E-state index contributed by atoms with van der Waals surface area (Å²) in [6.45, 7) is 4.94. The summed E-state index contributed by atoms with van der Waals surface area (Å²) in [4.78, 5) is 2.50. The summed E-state index contributed by atoms with van der Waals surface area (Å²) in [6, 6.07) is 7.57. The Kier molecular flexibility index (Phi) is 6.58. The molecule has 1 heterocycles. The zero-order valence-corrected chi connectivity index (χ0v) is 13.4. The SMILES string of the molecule is CCCN1CCC(NC(C)c2cccc(OC(F)F)c2)CC1. The molecule has 22 heavy (non-hydrogen) atoms. The number of hydrogen-bond donors (Lipinski definition) is 1. The fourth-order valence-corrected chi connectivity index (χ4v) is 3.05. The molecule has 1 aliphatic rings. The van der Waals surface area contributed by atoms with E-state index in [0.29, 0.717) is 6.04 Å². The Bertz CT molecular complexity index is 448. The second kappa shape index (κ2) is 8.44. The van der Waals surface area contributed by atoms with Crippen LogP contribution in [0.15, 0.2) is 24.3 Å². The first-order valence-corrected chi connectivity index (χ1v) is 8.11. The van der Waals surface area contributed by atoms with E-state index in [2.05, 4.69) is 28.8 Å². The molecule has 5 heteroatoms. The van der Waals surface area contributed by atoms with Gasteiger partial charge in [-0.05, 0) is 63.5 Å². The maximum atomic E-state index is 12.3. The van der Waals surface area contributed by atoms with Gasteiger partial charge in [-0.2, -0.15) is 8.78 Å². The number of nitrogens with one attached hydrogen (secondary N) is 1. The average Bonchev–Trinajstić information content (AvgIpc) is 2.49. The number of rotatable bonds is 7. The van der Waals surface area contributed by atoms with E-state index in [1.807, 2.05) is 6.07 Å². The fourth-order valence-electron chi connectivity index (χ4n) is 3.05. The van der Waals surface area contributed by atoms with Crippen molar-refractivity contribution in [3.63, 3.8) is 0 Å². The van der Waals surface area contributed by atoms with Crippen LogP contribution in [0, 0.1) is 0 Å². The van der Waals surface area contributed by atoms with E-state index in [9.17, 15) is 8.78 Å². The van der Waals surface area contributed by atoms with Gasteiger partial charge >= 0.3 is 6.61 Å². The molecule has 1 atom stereocenters. The Labute approximate surface area is 131 Å². The van der Waals surface area contributed by atoms with Crippen LogP contribution in [-0.2, 0) is 0 Å². The van der Waals surface area contributed by atoms with Crippen LogP contribution >= 0.6 is 0 Å². The third kappa shape index (κ3) is 5.21. The van der Waals surface area contributed by atoms with Gasteiger partial charge in [0, 0.05) is 12.1 Å². The van der Waals surface area contributed by atoms with Crippen molar-refractivity contribution in [1.29, 1.82) is 0 Å². The maximum Gasteiger partial charge on any atom is 0.387 e. The molecular weight excluding hydrogens is 286 g/mol. The Hall–Kier alpha value is -1.20. The second-order valence-electron chi connectivity index (χ2n) is 5.96. The highest BCUT2D eigenvalue weighted by atomic mass is 19.3. The molecule has 1 unspecified atom stereocenters. The summed E-state index contributed by atoms with van der Waals surface area (Å²) in [5, 5.41) is 3.61. The zero-order chi connectivity index (χ0) is 15.9. The first-order valence-electron chi connectivity index (χ1n) is 8.11. The highest BCUT2D eigenvalue weighted by Crippen LogP contribution is 2.22. The molecule has 0 aromatic heterocycles. The minimum absolute atomic E-state index is 0.129. The van der Waals surface area contributed by atoms with E-state index in [0.717, 1.165) is 31.5 Å². The van der Waals surface area contributed by atoms with Crippen molar-refractivity contribution < 1.29 is 13.5 Å². The molecule has 0 saturated carbocycles. The molecule has 1 aromatic carbocycles. The highest BCUT2D eigenvalue weighted by molar-refractivity contribution is 5.30. The van der Waals surface area contributed by atoms with Gasteiger partial charge < -0.3 is 15.0 Å². The number of alkyl halides is 2. The molecule has 1 fully saturated rings. The van der Waals surface area contributed by atoms with Crippen molar-refractivity contribution in [2.75, 3.05) is 19.6 Å². The molecule has 124 valence electrons. The second-order valence-corrected chi connectivity index (χ2v) is 5.96. The topological polar surface area (TPSA) is 24.5 Å². The largest absolute Gasteiger partial charge is 0.435 e. The van der Waals surface area contributed by atoms with Crippen molar-refractivity contribution in [3.05, 3.63) is 29.8 Å². The Morgan fingerprint density at radius 2 is 2.05 bits per heavy atom. The molecule has 3 nitrogen and oxygen atoms in total.